The third-order valence-electron chi connectivity index (χ3n) is 7.35. The first-order chi connectivity index (χ1) is 15.7. The zero-order valence-electron chi connectivity index (χ0n) is 18.1. The summed E-state index contributed by atoms with van der Waals surface area (Å²) in [4.78, 5) is 3.04. The summed E-state index contributed by atoms with van der Waals surface area (Å²) < 4.78 is 1.28. The summed E-state index contributed by atoms with van der Waals surface area (Å²) in [6.45, 7) is 5.26. The van der Waals surface area contributed by atoms with Crippen LogP contribution in [0.5, 0.6) is 0 Å². The van der Waals surface area contributed by atoms with E-state index in [0.29, 0.717) is 7.25 Å². The summed E-state index contributed by atoms with van der Waals surface area (Å²) in [5.41, 5.74) is 9.83. The van der Waals surface area contributed by atoms with Gasteiger partial charge >= 0.3 is 211 Å². The molecule has 7 rings (SSSR count). The first kappa shape index (κ1) is 19.9. The van der Waals surface area contributed by atoms with Crippen LogP contribution in [0, 0.1) is 0 Å². The molecular weight excluding hydrogens is 520 g/mol. The quantitative estimate of drug-likeness (QED) is 0.224. The van der Waals surface area contributed by atoms with Crippen LogP contribution in [0.25, 0.3) is 21.5 Å². The molecule has 3 aliphatic rings. The van der Waals surface area contributed by atoms with Crippen LogP contribution in [0.15, 0.2) is 83.6 Å². The minimum atomic E-state index is -1.99. The van der Waals surface area contributed by atoms with Gasteiger partial charge in [0.2, 0.25) is 0 Å². The van der Waals surface area contributed by atoms with Gasteiger partial charge in [-0.1, -0.05) is 0 Å². The number of thiophene rings is 2. The van der Waals surface area contributed by atoms with Crippen molar-refractivity contribution >= 4 is 52.3 Å². The fraction of sp³-hybridized carbons (Fsp3) is 0.143. The Morgan fingerprint density at radius 2 is 1.09 bits per heavy atom. The standard InChI is InChI=1S/C28H22S2Si.Zr/c1-31(2,27-21-11-5-3-9-19(21)17-23(27)25-13-7-15-29-25)28-22-12-6-4-10-20(22)18-24(28)26-14-8-16-30-26;/h3-18H,1-2H3;. The number of hydrogen-bond acceptors (Lipinski definition) is 2. The Labute approximate surface area is 209 Å². The van der Waals surface area contributed by atoms with Crippen LogP contribution >= 0.6 is 22.7 Å². The maximum atomic E-state index is 2.63. The van der Waals surface area contributed by atoms with E-state index < -0.39 is 31.3 Å². The molecule has 4 bridgehead atoms. The molecule has 0 amide bonds. The van der Waals surface area contributed by atoms with Gasteiger partial charge < -0.3 is 0 Å². The average molecular weight is 542 g/mol. The van der Waals surface area contributed by atoms with Crippen LogP contribution in [-0.2, 0) is 23.2 Å². The molecule has 1 aliphatic heterocycles. The van der Waals surface area contributed by atoms with Crippen molar-refractivity contribution in [1.82, 2.24) is 0 Å². The van der Waals surface area contributed by atoms with Gasteiger partial charge in [0.1, 0.15) is 0 Å². The van der Waals surface area contributed by atoms with Gasteiger partial charge in [0.15, 0.2) is 0 Å². The summed E-state index contributed by atoms with van der Waals surface area (Å²) in [7, 11) is -1.99. The first-order valence-electron chi connectivity index (χ1n) is 11.2. The second-order valence-electron chi connectivity index (χ2n) is 9.36. The molecule has 2 aromatic heterocycles. The Balaban J connectivity index is 1.61. The molecule has 4 aromatic rings. The van der Waals surface area contributed by atoms with Crippen molar-refractivity contribution < 1.29 is 23.2 Å². The fourth-order valence-electron chi connectivity index (χ4n) is 6.22. The van der Waals surface area contributed by atoms with E-state index in [1.165, 1.54) is 9.75 Å². The van der Waals surface area contributed by atoms with Gasteiger partial charge in [-0.3, -0.25) is 0 Å². The second kappa shape index (κ2) is 7.21. The van der Waals surface area contributed by atoms with Crippen molar-refractivity contribution in [2.75, 3.05) is 0 Å². The summed E-state index contributed by atoms with van der Waals surface area (Å²) in [5, 5.41) is 7.98. The van der Waals surface area contributed by atoms with Crippen LogP contribution in [0.4, 0.5) is 0 Å². The van der Waals surface area contributed by atoms with Crippen LogP contribution in [-0.4, -0.2) is 8.07 Å². The number of benzene rings is 2. The third-order valence-corrected chi connectivity index (χ3v) is 17.3. The predicted octanol–water partition coefficient (Wildman–Crippen LogP) is 8.32. The Bertz CT molecular complexity index is 1320. The molecule has 0 radical (unpaired) electrons. The first-order valence-corrected chi connectivity index (χ1v) is 18.8. The number of rotatable bonds is 2. The molecule has 32 heavy (non-hydrogen) atoms. The normalized spacial score (nSPS) is 22.3. The Hall–Kier alpha value is -1.58. The molecule has 4 heteroatoms. The van der Waals surface area contributed by atoms with Crippen molar-refractivity contribution in [3.05, 3.63) is 116 Å². The van der Waals surface area contributed by atoms with Crippen LogP contribution in [0.1, 0.15) is 39.3 Å². The summed E-state index contributed by atoms with van der Waals surface area (Å²) in [6.07, 6.45) is 0. The topological polar surface area (TPSA) is 0 Å². The van der Waals surface area contributed by atoms with Gasteiger partial charge in [-0.15, -0.1) is 0 Å². The van der Waals surface area contributed by atoms with Gasteiger partial charge in [-0.25, -0.2) is 0 Å². The van der Waals surface area contributed by atoms with E-state index >= 15 is 0 Å². The van der Waals surface area contributed by atoms with Crippen LogP contribution in [0.2, 0.25) is 13.1 Å². The summed E-state index contributed by atoms with van der Waals surface area (Å²) >= 11 is 2.99. The van der Waals surface area contributed by atoms with E-state index in [4.69, 9.17) is 0 Å². The number of allylic oxidation sites excluding steroid dienone is 2. The van der Waals surface area contributed by atoms with Crippen LogP contribution in [0.3, 0.4) is 0 Å². The van der Waals surface area contributed by atoms with E-state index in [1.807, 2.05) is 22.7 Å². The van der Waals surface area contributed by atoms with Gasteiger partial charge in [-0.05, 0) is 0 Å². The minimum absolute atomic E-state index is 0.642. The van der Waals surface area contributed by atoms with Crippen molar-refractivity contribution in [3.63, 3.8) is 0 Å². The van der Waals surface area contributed by atoms with Gasteiger partial charge in [0, 0.05) is 0 Å². The molecule has 154 valence electrons. The Morgan fingerprint density at radius 3 is 1.53 bits per heavy atom. The van der Waals surface area contributed by atoms with E-state index in [0.717, 1.165) is 0 Å². The molecule has 2 aliphatic carbocycles. The molecule has 0 saturated heterocycles. The zero-order valence-corrected chi connectivity index (χ0v) is 23.1. The molecule has 0 fully saturated rings. The van der Waals surface area contributed by atoms with E-state index in [1.54, 1.807) is 43.8 Å². The third kappa shape index (κ3) is 2.61. The van der Waals surface area contributed by atoms with Gasteiger partial charge in [0.05, 0.1) is 0 Å². The number of fused-ring (bicyclic) bond motifs is 8. The van der Waals surface area contributed by atoms with Crippen LogP contribution < -0.4 is 0 Å². The molecule has 3 heterocycles. The van der Waals surface area contributed by atoms with Crippen molar-refractivity contribution in [1.29, 1.82) is 0 Å². The predicted molar refractivity (Wildman–Crippen MR) is 138 cm³/mol. The summed E-state index contributed by atoms with van der Waals surface area (Å²) in [6, 6.07) is 28.1. The average Bonchev–Trinajstić information content (AvgIpc) is 3.58. The molecule has 2 atom stereocenters. The second-order valence-corrected chi connectivity index (χ2v) is 19.2. The van der Waals surface area contributed by atoms with E-state index in [9.17, 15) is 0 Å². The molecular formula is C28H22S2SiZr. The Kier molecular flexibility index (Phi) is 4.47. The molecule has 0 nitrogen and oxygen atoms in total. The molecule has 2 aromatic carbocycles. The van der Waals surface area contributed by atoms with Gasteiger partial charge in [-0.2, -0.15) is 0 Å². The number of hydrogen-bond donors (Lipinski definition) is 0. The van der Waals surface area contributed by atoms with Crippen molar-refractivity contribution in [3.8, 4) is 0 Å². The van der Waals surface area contributed by atoms with E-state index in [2.05, 4.69) is 96.7 Å². The van der Waals surface area contributed by atoms with E-state index in [-0.39, 0.29) is 0 Å². The summed E-state index contributed by atoms with van der Waals surface area (Å²) in [5.74, 6) is 0. The zero-order chi connectivity index (χ0) is 21.4. The molecule has 2 unspecified atom stereocenters. The molecule has 0 N–H and O–H groups in total. The Morgan fingerprint density at radius 1 is 0.625 bits per heavy atom. The maximum absolute atomic E-state index is 2.63. The van der Waals surface area contributed by atoms with Crippen molar-refractivity contribution in [2.24, 2.45) is 0 Å². The SMILES string of the molecule is C[Si]1(C)C2=C(c3cccs3)[CH]([Zr][CH]3C(c4cccs4)=C1c1ccccc13)c1ccccc12. The van der Waals surface area contributed by atoms with Gasteiger partial charge in [0.25, 0.3) is 0 Å². The fourth-order valence-corrected chi connectivity index (χ4v) is 18.4. The monoisotopic (exact) mass is 540 g/mol. The molecule has 0 saturated carbocycles. The molecule has 0 spiro atoms. The van der Waals surface area contributed by atoms with Crippen molar-refractivity contribution in [2.45, 2.75) is 20.3 Å².